The van der Waals surface area contributed by atoms with Crippen LogP contribution in [0.4, 0.5) is 5.69 Å². The molecule has 1 atom stereocenters. The molecule has 0 bridgehead atoms. The Balaban J connectivity index is 1.81. The van der Waals surface area contributed by atoms with Gasteiger partial charge >= 0.3 is 0 Å². The van der Waals surface area contributed by atoms with E-state index in [2.05, 4.69) is 53.1 Å². The lowest BCUT2D eigenvalue weighted by Gasteiger charge is -2.36. The molecule has 0 amide bonds. The zero-order valence-corrected chi connectivity index (χ0v) is 12.7. The van der Waals surface area contributed by atoms with Crippen LogP contribution in [0.5, 0.6) is 0 Å². The summed E-state index contributed by atoms with van der Waals surface area (Å²) in [4.78, 5) is 7.05. The zero-order valence-electron chi connectivity index (χ0n) is 11.9. The molecule has 4 heteroatoms. The number of aromatic nitrogens is 1. The van der Waals surface area contributed by atoms with E-state index in [4.69, 9.17) is 0 Å². The van der Waals surface area contributed by atoms with E-state index in [1.165, 1.54) is 35.6 Å². The van der Waals surface area contributed by atoms with Gasteiger partial charge in [-0.1, -0.05) is 0 Å². The van der Waals surface area contributed by atoms with Crippen LogP contribution in [0.3, 0.4) is 0 Å². The predicted molar refractivity (Wildman–Crippen MR) is 83.0 cm³/mol. The van der Waals surface area contributed by atoms with E-state index < -0.39 is 0 Å². The summed E-state index contributed by atoms with van der Waals surface area (Å²) in [5.74, 6) is 2.47. The van der Waals surface area contributed by atoms with E-state index in [0.717, 1.165) is 24.8 Å². The molecule has 1 aliphatic heterocycles. The fourth-order valence-electron chi connectivity index (χ4n) is 2.60. The van der Waals surface area contributed by atoms with Crippen molar-refractivity contribution in [3.8, 4) is 0 Å². The maximum atomic E-state index is 4.49. The number of thioether (sulfide) groups is 1. The van der Waals surface area contributed by atoms with Crippen molar-refractivity contribution in [2.24, 2.45) is 0 Å². The monoisotopic (exact) mass is 277 g/mol. The van der Waals surface area contributed by atoms with E-state index in [0.29, 0.717) is 6.04 Å². The molecule has 104 valence electrons. The molecule has 0 spiro atoms. The van der Waals surface area contributed by atoms with Crippen LogP contribution in [0.15, 0.2) is 12.3 Å². The minimum Gasteiger partial charge on any atom is -0.367 e. The smallest absolute Gasteiger partial charge is 0.0448 e. The normalized spacial score (nSPS) is 23.7. The van der Waals surface area contributed by atoms with E-state index in [9.17, 15) is 0 Å². The second-order valence-electron chi connectivity index (χ2n) is 5.73. The molecule has 0 radical (unpaired) electrons. The van der Waals surface area contributed by atoms with Crippen molar-refractivity contribution < 1.29 is 0 Å². The molecule has 0 aromatic carbocycles. The molecule has 2 fully saturated rings. The number of aryl methyl sites for hydroxylation is 1. The Labute approximate surface area is 120 Å². The van der Waals surface area contributed by atoms with Gasteiger partial charge in [0.25, 0.3) is 0 Å². The molecule has 1 N–H and O–H groups in total. The Kier molecular flexibility index (Phi) is 3.99. The quantitative estimate of drug-likeness (QED) is 0.915. The summed E-state index contributed by atoms with van der Waals surface area (Å²) >= 11 is 2.07. The van der Waals surface area contributed by atoms with Crippen LogP contribution in [0.2, 0.25) is 0 Å². The van der Waals surface area contributed by atoms with Gasteiger partial charge in [0.2, 0.25) is 0 Å². The fraction of sp³-hybridized carbons (Fsp3) is 0.667. The van der Waals surface area contributed by atoms with Crippen molar-refractivity contribution in [3.63, 3.8) is 0 Å². The first kappa shape index (κ1) is 13.3. The third-order valence-corrected chi connectivity index (χ3v) is 5.12. The van der Waals surface area contributed by atoms with Gasteiger partial charge in [-0.05, 0) is 32.8 Å². The van der Waals surface area contributed by atoms with Crippen molar-refractivity contribution in [2.45, 2.75) is 45.3 Å². The summed E-state index contributed by atoms with van der Waals surface area (Å²) < 4.78 is 0. The van der Waals surface area contributed by atoms with Gasteiger partial charge in [0.05, 0.1) is 0 Å². The Morgan fingerprint density at radius 3 is 3.05 bits per heavy atom. The number of nitrogens with zero attached hydrogens (tertiary/aromatic N) is 2. The van der Waals surface area contributed by atoms with Gasteiger partial charge in [0.1, 0.15) is 0 Å². The van der Waals surface area contributed by atoms with Crippen molar-refractivity contribution in [2.75, 3.05) is 23.0 Å². The maximum Gasteiger partial charge on any atom is 0.0448 e. The van der Waals surface area contributed by atoms with Crippen LogP contribution >= 0.6 is 11.8 Å². The number of rotatable bonds is 4. The first-order chi connectivity index (χ1) is 9.24. The minimum absolute atomic E-state index is 0.625. The van der Waals surface area contributed by atoms with Crippen LogP contribution in [0.25, 0.3) is 0 Å². The molecule has 1 saturated heterocycles. The third kappa shape index (κ3) is 3.23. The third-order valence-electron chi connectivity index (χ3n) is 3.93. The molecule has 3 rings (SSSR count). The van der Waals surface area contributed by atoms with E-state index in [1.807, 2.05) is 0 Å². The minimum atomic E-state index is 0.625. The summed E-state index contributed by atoms with van der Waals surface area (Å²) in [5.41, 5.74) is 3.88. The Morgan fingerprint density at radius 2 is 2.32 bits per heavy atom. The van der Waals surface area contributed by atoms with E-state index >= 15 is 0 Å². The molecule has 19 heavy (non-hydrogen) atoms. The predicted octanol–water partition coefficient (Wildman–Crippen LogP) is 2.58. The standard InChI is InChI=1S/C15H23N3S/c1-11-7-15(18-5-6-19-10-12(18)2)13(8-16-11)9-17-14-3-4-14/h7-8,12,14,17H,3-6,9-10H2,1-2H3. The number of hydrogen-bond acceptors (Lipinski definition) is 4. The first-order valence-corrected chi connectivity index (χ1v) is 8.43. The van der Waals surface area contributed by atoms with Gasteiger partial charge in [-0.25, -0.2) is 0 Å². The Bertz CT molecular complexity index is 445. The van der Waals surface area contributed by atoms with Crippen molar-refractivity contribution in [1.29, 1.82) is 0 Å². The lowest BCUT2D eigenvalue weighted by molar-refractivity contribution is 0.663. The highest BCUT2D eigenvalue weighted by molar-refractivity contribution is 7.99. The van der Waals surface area contributed by atoms with Crippen LogP contribution in [0, 0.1) is 6.92 Å². The van der Waals surface area contributed by atoms with Crippen LogP contribution < -0.4 is 10.2 Å². The number of anilines is 1. The lowest BCUT2D eigenvalue weighted by atomic mass is 10.1. The van der Waals surface area contributed by atoms with Crippen molar-refractivity contribution in [3.05, 3.63) is 23.5 Å². The zero-order chi connectivity index (χ0) is 13.2. The molecule has 2 aliphatic rings. The van der Waals surface area contributed by atoms with Gasteiger partial charge in [0.15, 0.2) is 0 Å². The lowest BCUT2D eigenvalue weighted by Crippen LogP contribution is -2.41. The fourth-order valence-corrected chi connectivity index (χ4v) is 3.62. The molecule has 1 aliphatic carbocycles. The summed E-state index contributed by atoms with van der Waals surface area (Å²) in [6, 6.07) is 3.64. The molecule has 1 saturated carbocycles. The van der Waals surface area contributed by atoms with Gasteiger partial charge in [-0.15, -0.1) is 0 Å². The second-order valence-corrected chi connectivity index (χ2v) is 6.88. The Morgan fingerprint density at radius 1 is 1.47 bits per heavy atom. The summed E-state index contributed by atoms with van der Waals surface area (Å²) in [5, 5.41) is 3.61. The van der Waals surface area contributed by atoms with Crippen molar-refractivity contribution in [1.82, 2.24) is 10.3 Å². The van der Waals surface area contributed by atoms with E-state index in [-0.39, 0.29) is 0 Å². The Hall–Kier alpha value is -0.740. The molecule has 1 unspecified atom stereocenters. The average Bonchev–Trinajstić information content (AvgIpc) is 3.22. The number of nitrogens with one attached hydrogen (secondary N) is 1. The molecular weight excluding hydrogens is 254 g/mol. The molecule has 1 aromatic heterocycles. The highest BCUT2D eigenvalue weighted by atomic mass is 32.2. The van der Waals surface area contributed by atoms with Crippen molar-refractivity contribution >= 4 is 17.4 Å². The highest BCUT2D eigenvalue weighted by Gasteiger charge is 2.24. The van der Waals surface area contributed by atoms with Gasteiger partial charge < -0.3 is 10.2 Å². The molecule has 1 aromatic rings. The number of pyridine rings is 1. The second kappa shape index (κ2) is 5.71. The van der Waals surface area contributed by atoms with Crippen LogP contribution in [-0.4, -0.2) is 35.1 Å². The van der Waals surface area contributed by atoms with Gasteiger partial charge in [-0.3, -0.25) is 4.98 Å². The average molecular weight is 277 g/mol. The topological polar surface area (TPSA) is 28.2 Å². The SMILES string of the molecule is Cc1cc(N2CCSCC2C)c(CNC2CC2)cn1. The molecular formula is C15H23N3S. The first-order valence-electron chi connectivity index (χ1n) is 7.27. The molecule has 3 nitrogen and oxygen atoms in total. The largest absolute Gasteiger partial charge is 0.367 e. The van der Waals surface area contributed by atoms with Gasteiger partial charge in [0, 0.05) is 59.8 Å². The highest BCUT2D eigenvalue weighted by Crippen LogP contribution is 2.28. The van der Waals surface area contributed by atoms with Crippen LogP contribution in [0.1, 0.15) is 31.0 Å². The maximum absolute atomic E-state index is 4.49. The summed E-state index contributed by atoms with van der Waals surface area (Å²) in [6.07, 6.45) is 4.74. The van der Waals surface area contributed by atoms with Gasteiger partial charge in [-0.2, -0.15) is 11.8 Å². The summed E-state index contributed by atoms with van der Waals surface area (Å²) in [7, 11) is 0. The van der Waals surface area contributed by atoms with Crippen LogP contribution in [-0.2, 0) is 6.54 Å². The van der Waals surface area contributed by atoms with E-state index in [1.54, 1.807) is 0 Å². The summed E-state index contributed by atoms with van der Waals surface area (Å²) in [6.45, 7) is 6.54. The molecule has 2 heterocycles. The number of hydrogen-bond donors (Lipinski definition) is 1.